The fraction of sp³-hybridized carbons (Fsp3) is 0.895. The van der Waals surface area contributed by atoms with Crippen LogP contribution in [-0.2, 0) is 23.8 Å². The first-order valence-corrected chi connectivity index (χ1v) is 11.8. The number of carbonyl (C=O) groups excluding carboxylic acids is 2. The van der Waals surface area contributed by atoms with Crippen LogP contribution < -0.4 is 0 Å². The van der Waals surface area contributed by atoms with Crippen molar-refractivity contribution in [3.63, 3.8) is 0 Å². The molecule has 0 aromatic carbocycles. The Morgan fingerprint density at radius 3 is 1.67 bits per heavy atom. The molecule has 0 bridgehead atoms. The van der Waals surface area contributed by atoms with E-state index in [1.165, 1.54) is 9.80 Å². The van der Waals surface area contributed by atoms with Crippen LogP contribution in [0.5, 0.6) is 0 Å². The van der Waals surface area contributed by atoms with Gasteiger partial charge in [-0.3, -0.25) is 4.18 Å². The highest BCUT2D eigenvalue weighted by Gasteiger charge is 2.32. The maximum atomic E-state index is 11.7. The molecule has 1 N–H and O–H groups in total. The molecule has 0 aromatic heterocycles. The molecule has 0 unspecified atom stereocenters. The van der Waals surface area contributed by atoms with Gasteiger partial charge in [-0.1, -0.05) is 0 Å². The summed E-state index contributed by atoms with van der Waals surface area (Å²) in [4.78, 5) is 26.1. The molecule has 2 saturated heterocycles. The molecule has 2 rings (SSSR count). The fourth-order valence-electron chi connectivity index (χ4n) is 2.78. The van der Waals surface area contributed by atoms with Gasteiger partial charge in [0.05, 0.1) is 25.0 Å². The third-order valence-corrected chi connectivity index (χ3v) is 4.54. The van der Waals surface area contributed by atoms with Crippen LogP contribution in [0.1, 0.15) is 54.4 Å². The molecular weight excluding hydrogens is 416 g/mol. The van der Waals surface area contributed by atoms with Crippen molar-refractivity contribution in [2.24, 2.45) is 0 Å². The smallest absolute Gasteiger partial charge is 0.410 e. The molecule has 176 valence electrons. The average molecular weight is 453 g/mol. The Morgan fingerprint density at radius 2 is 1.30 bits per heavy atom. The lowest BCUT2D eigenvalue weighted by Crippen LogP contribution is -2.36. The third kappa shape index (κ3) is 11.0. The van der Waals surface area contributed by atoms with Crippen molar-refractivity contribution in [1.29, 1.82) is 0 Å². The van der Waals surface area contributed by atoms with Crippen LogP contribution >= 0.6 is 0 Å². The molecule has 0 aliphatic carbocycles. The molecule has 0 radical (unpaired) electrons. The first kappa shape index (κ1) is 26.4. The van der Waals surface area contributed by atoms with Gasteiger partial charge < -0.3 is 24.4 Å². The summed E-state index contributed by atoms with van der Waals surface area (Å²) in [6.45, 7) is 12.5. The molecule has 2 amide bonds. The van der Waals surface area contributed by atoms with Crippen molar-refractivity contribution in [2.75, 3.05) is 32.4 Å². The van der Waals surface area contributed by atoms with Gasteiger partial charge in [0.15, 0.2) is 0 Å². The van der Waals surface area contributed by atoms with Crippen molar-refractivity contribution in [2.45, 2.75) is 77.8 Å². The normalized spacial score (nSPS) is 22.4. The molecule has 0 spiro atoms. The van der Waals surface area contributed by atoms with Gasteiger partial charge in [0.1, 0.15) is 11.2 Å². The summed E-state index contributed by atoms with van der Waals surface area (Å²) in [7, 11) is -3.47. The lowest BCUT2D eigenvalue weighted by molar-refractivity contribution is 0.0263. The summed E-state index contributed by atoms with van der Waals surface area (Å²) in [6, 6.07) is 0. The van der Waals surface area contributed by atoms with E-state index in [-0.39, 0.29) is 18.7 Å². The molecule has 2 fully saturated rings. The molecule has 2 aliphatic heterocycles. The van der Waals surface area contributed by atoms with E-state index in [1.54, 1.807) is 20.8 Å². The van der Waals surface area contributed by atoms with Gasteiger partial charge >= 0.3 is 12.2 Å². The van der Waals surface area contributed by atoms with Crippen molar-refractivity contribution in [1.82, 2.24) is 9.80 Å². The second kappa shape index (κ2) is 10.1. The second-order valence-electron chi connectivity index (χ2n) is 9.51. The summed E-state index contributed by atoms with van der Waals surface area (Å²) >= 11 is 0. The summed E-state index contributed by atoms with van der Waals surface area (Å²) in [5.74, 6) is 0. The van der Waals surface area contributed by atoms with Crippen LogP contribution in [0.3, 0.4) is 0 Å². The lowest BCUT2D eigenvalue weighted by atomic mass is 10.2. The minimum absolute atomic E-state index is 0.252. The number of nitrogens with zero attached hydrogens (tertiary/aromatic N) is 2. The Hall–Kier alpha value is -1.59. The van der Waals surface area contributed by atoms with Crippen LogP contribution in [-0.4, -0.2) is 91.4 Å². The first-order valence-electron chi connectivity index (χ1n) is 9.97. The Bertz CT molecular complexity index is 696. The fourth-order valence-corrected chi connectivity index (χ4v) is 3.43. The largest absolute Gasteiger partial charge is 0.444 e. The van der Waals surface area contributed by atoms with E-state index in [2.05, 4.69) is 0 Å². The maximum Gasteiger partial charge on any atom is 0.410 e. The zero-order chi connectivity index (χ0) is 23.3. The third-order valence-electron chi connectivity index (χ3n) is 3.92. The summed E-state index contributed by atoms with van der Waals surface area (Å²) < 4.78 is 37.0. The second-order valence-corrected chi connectivity index (χ2v) is 11.1. The SMILES string of the molecule is CC(C)(C)OC(=O)N1CC[C@@H](O)C1.CC(C)(C)OC(=O)N1CC[C@H](OS(C)(=O)=O)C1. The van der Waals surface area contributed by atoms with Crippen molar-refractivity contribution in [3.8, 4) is 0 Å². The van der Waals surface area contributed by atoms with Gasteiger partial charge in [0.25, 0.3) is 10.1 Å². The minimum atomic E-state index is -3.47. The number of hydrogen-bond donors (Lipinski definition) is 1. The number of β-amino-alcohol motifs (C(OH)–C–C–N with tert-alkyl or cyclic N) is 1. The van der Waals surface area contributed by atoms with Crippen LogP contribution in [0, 0.1) is 0 Å². The predicted octanol–water partition coefficient (Wildman–Crippen LogP) is 1.96. The first-order chi connectivity index (χ1) is 13.5. The molecular formula is C19H36N2O8S. The van der Waals surface area contributed by atoms with Crippen molar-refractivity contribution >= 4 is 22.3 Å². The Kier molecular flexibility index (Phi) is 8.94. The van der Waals surface area contributed by atoms with E-state index in [0.29, 0.717) is 32.5 Å². The van der Waals surface area contributed by atoms with Gasteiger partial charge in [-0.2, -0.15) is 8.42 Å². The Balaban J connectivity index is 0.000000311. The van der Waals surface area contributed by atoms with E-state index < -0.39 is 33.5 Å². The van der Waals surface area contributed by atoms with E-state index in [9.17, 15) is 23.1 Å². The van der Waals surface area contributed by atoms with E-state index in [4.69, 9.17) is 13.7 Å². The Labute approximate surface area is 179 Å². The zero-order valence-electron chi connectivity index (χ0n) is 19.0. The van der Waals surface area contributed by atoms with Crippen LogP contribution in [0.15, 0.2) is 0 Å². The number of hydrogen-bond acceptors (Lipinski definition) is 8. The van der Waals surface area contributed by atoms with Crippen LogP contribution in [0.25, 0.3) is 0 Å². The number of likely N-dealkylation sites (tertiary alicyclic amines) is 2. The molecule has 10 nitrogen and oxygen atoms in total. The number of ether oxygens (including phenoxy) is 2. The monoisotopic (exact) mass is 452 g/mol. The highest BCUT2D eigenvalue weighted by molar-refractivity contribution is 7.86. The molecule has 2 atom stereocenters. The number of aliphatic hydroxyl groups is 1. The number of rotatable bonds is 2. The molecule has 0 saturated carbocycles. The highest BCUT2D eigenvalue weighted by Crippen LogP contribution is 2.18. The maximum absolute atomic E-state index is 11.7. The average Bonchev–Trinajstić information content (AvgIpc) is 3.12. The number of carbonyl (C=O) groups is 2. The van der Waals surface area contributed by atoms with Crippen molar-refractivity contribution < 1.29 is 36.8 Å². The Morgan fingerprint density at radius 1 is 0.867 bits per heavy atom. The molecule has 30 heavy (non-hydrogen) atoms. The van der Waals surface area contributed by atoms with Gasteiger partial charge in [-0.05, 0) is 54.4 Å². The van der Waals surface area contributed by atoms with Crippen molar-refractivity contribution in [3.05, 3.63) is 0 Å². The number of amides is 2. The van der Waals surface area contributed by atoms with E-state index in [0.717, 1.165) is 6.26 Å². The standard InChI is InChI=1S/C10H19NO5S.C9H17NO3/c1-10(2,3)15-9(12)11-6-5-8(7-11)16-17(4,13)14;1-9(2,3)13-8(12)10-5-4-7(11)6-10/h8H,5-7H2,1-4H3;7,11H,4-6H2,1-3H3/t8-;7-/m01/s1. The zero-order valence-corrected chi connectivity index (χ0v) is 19.8. The lowest BCUT2D eigenvalue weighted by Gasteiger charge is -2.24. The van der Waals surface area contributed by atoms with Crippen LogP contribution in [0.2, 0.25) is 0 Å². The van der Waals surface area contributed by atoms with E-state index >= 15 is 0 Å². The van der Waals surface area contributed by atoms with Gasteiger partial charge in [0, 0.05) is 19.6 Å². The topological polar surface area (TPSA) is 123 Å². The summed E-state index contributed by atoms with van der Waals surface area (Å²) in [6.07, 6.45) is 0.556. The van der Waals surface area contributed by atoms with Crippen LogP contribution in [0.4, 0.5) is 9.59 Å². The highest BCUT2D eigenvalue weighted by atomic mass is 32.2. The molecule has 2 heterocycles. The predicted molar refractivity (Wildman–Crippen MR) is 111 cm³/mol. The van der Waals surface area contributed by atoms with E-state index in [1.807, 2.05) is 20.8 Å². The van der Waals surface area contributed by atoms with Gasteiger partial charge in [-0.15, -0.1) is 0 Å². The number of aliphatic hydroxyl groups excluding tert-OH is 1. The summed E-state index contributed by atoms with van der Waals surface area (Å²) in [5, 5.41) is 9.20. The molecule has 11 heteroatoms. The quantitative estimate of drug-likeness (QED) is 0.631. The minimum Gasteiger partial charge on any atom is -0.444 e. The van der Waals surface area contributed by atoms with Gasteiger partial charge in [0.2, 0.25) is 0 Å². The summed E-state index contributed by atoms with van der Waals surface area (Å²) in [5.41, 5.74) is -1.00. The van der Waals surface area contributed by atoms with Gasteiger partial charge in [-0.25, -0.2) is 9.59 Å². The molecule has 2 aliphatic rings. The molecule has 0 aromatic rings.